The highest BCUT2D eigenvalue weighted by Gasteiger charge is 2.07. The van der Waals surface area contributed by atoms with Gasteiger partial charge in [-0.2, -0.15) is 8.78 Å². The standard InChI is InChI=1S/C13H10F2N2O3/c14-13(15)20-10-3-1-9(2-4-10)17-12(19)8-5-6-16-11(18)7-8/h1-7,13H,(H,16,18)(H,17,19). The van der Waals surface area contributed by atoms with Gasteiger partial charge in [-0.05, 0) is 30.3 Å². The van der Waals surface area contributed by atoms with Crippen molar-refractivity contribution < 1.29 is 18.3 Å². The van der Waals surface area contributed by atoms with Gasteiger partial charge in [-0.3, -0.25) is 9.59 Å². The Bertz CT molecular complexity index is 653. The number of halogens is 2. The number of pyridine rings is 1. The molecule has 2 rings (SSSR count). The molecule has 0 atom stereocenters. The number of hydrogen-bond donors (Lipinski definition) is 2. The summed E-state index contributed by atoms with van der Waals surface area (Å²) in [4.78, 5) is 25.3. The van der Waals surface area contributed by atoms with Crippen LogP contribution < -0.4 is 15.6 Å². The number of nitrogens with one attached hydrogen (secondary N) is 2. The van der Waals surface area contributed by atoms with Crippen LogP contribution in [0.4, 0.5) is 14.5 Å². The number of H-pyrrole nitrogens is 1. The van der Waals surface area contributed by atoms with Crippen molar-refractivity contribution in [1.82, 2.24) is 4.98 Å². The lowest BCUT2D eigenvalue weighted by Gasteiger charge is -2.07. The molecule has 0 spiro atoms. The van der Waals surface area contributed by atoms with E-state index in [1.165, 1.54) is 36.5 Å². The summed E-state index contributed by atoms with van der Waals surface area (Å²) >= 11 is 0. The second kappa shape index (κ2) is 5.96. The molecule has 104 valence electrons. The maximum atomic E-state index is 12.0. The molecule has 0 aliphatic heterocycles. The molecular weight excluding hydrogens is 270 g/mol. The Hall–Kier alpha value is -2.70. The van der Waals surface area contributed by atoms with E-state index in [1.54, 1.807) is 0 Å². The molecule has 1 heterocycles. The largest absolute Gasteiger partial charge is 0.435 e. The fourth-order valence-corrected chi connectivity index (χ4v) is 1.51. The average molecular weight is 280 g/mol. The zero-order chi connectivity index (χ0) is 14.5. The molecule has 0 unspecified atom stereocenters. The third-order valence-electron chi connectivity index (χ3n) is 2.37. The van der Waals surface area contributed by atoms with Crippen molar-refractivity contribution in [1.29, 1.82) is 0 Å². The normalized spacial score (nSPS) is 10.3. The molecule has 2 aromatic rings. The monoisotopic (exact) mass is 280 g/mol. The van der Waals surface area contributed by atoms with E-state index in [0.717, 1.165) is 6.07 Å². The Morgan fingerprint density at radius 3 is 2.50 bits per heavy atom. The Labute approximate surface area is 112 Å². The Balaban J connectivity index is 2.06. The lowest BCUT2D eigenvalue weighted by Crippen LogP contribution is -2.15. The van der Waals surface area contributed by atoms with Gasteiger partial charge in [0.25, 0.3) is 5.91 Å². The number of amides is 1. The minimum Gasteiger partial charge on any atom is -0.435 e. The summed E-state index contributed by atoms with van der Waals surface area (Å²) in [6, 6.07) is 8.05. The highest BCUT2D eigenvalue weighted by atomic mass is 19.3. The minimum absolute atomic E-state index is 0.00541. The number of anilines is 1. The van der Waals surface area contributed by atoms with E-state index in [-0.39, 0.29) is 11.3 Å². The molecule has 0 aliphatic carbocycles. The fourth-order valence-electron chi connectivity index (χ4n) is 1.51. The molecule has 0 fully saturated rings. The van der Waals surface area contributed by atoms with Gasteiger partial charge >= 0.3 is 6.61 Å². The van der Waals surface area contributed by atoms with E-state index in [0.29, 0.717) is 5.69 Å². The third-order valence-corrected chi connectivity index (χ3v) is 2.37. The van der Waals surface area contributed by atoms with Gasteiger partial charge in [-0.1, -0.05) is 0 Å². The number of rotatable bonds is 4. The first-order valence-corrected chi connectivity index (χ1v) is 5.59. The molecule has 1 amide bonds. The van der Waals surface area contributed by atoms with Gasteiger partial charge in [0.15, 0.2) is 0 Å². The first-order valence-electron chi connectivity index (χ1n) is 5.59. The second-order valence-corrected chi connectivity index (χ2v) is 3.80. The number of benzene rings is 1. The Morgan fingerprint density at radius 2 is 1.90 bits per heavy atom. The Morgan fingerprint density at radius 1 is 1.20 bits per heavy atom. The van der Waals surface area contributed by atoms with Crippen molar-refractivity contribution in [2.24, 2.45) is 0 Å². The molecular formula is C13H10F2N2O3. The topological polar surface area (TPSA) is 71.2 Å². The van der Waals surface area contributed by atoms with Gasteiger partial charge in [0.1, 0.15) is 5.75 Å². The molecule has 20 heavy (non-hydrogen) atoms. The smallest absolute Gasteiger partial charge is 0.387 e. The lowest BCUT2D eigenvalue weighted by molar-refractivity contribution is -0.0498. The number of hydrogen-bond acceptors (Lipinski definition) is 3. The minimum atomic E-state index is -2.90. The van der Waals surface area contributed by atoms with Crippen LogP contribution in [0.1, 0.15) is 10.4 Å². The quantitative estimate of drug-likeness (QED) is 0.902. The lowest BCUT2D eigenvalue weighted by atomic mass is 10.2. The van der Waals surface area contributed by atoms with Gasteiger partial charge in [0, 0.05) is 23.5 Å². The second-order valence-electron chi connectivity index (χ2n) is 3.80. The zero-order valence-corrected chi connectivity index (χ0v) is 10.1. The van der Waals surface area contributed by atoms with Crippen LogP contribution in [0.3, 0.4) is 0 Å². The molecule has 0 saturated heterocycles. The van der Waals surface area contributed by atoms with Crippen LogP contribution in [0.25, 0.3) is 0 Å². The van der Waals surface area contributed by atoms with Crippen molar-refractivity contribution in [3.05, 3.63) is 58.5 Å². The molecule has 7 heteroatoms. The van der Waals surface area contributed by atoms with Gasteiger partial charge in [-0.15, -0.1) is 0 Å². The van der Waals surface area contributed by atoms with Crippen LogP contribution in [0.15, 0.2) is 47.4 Å². The van der Waals surface area contributed by atoms with Crippen molar-refractivity contribution in [2.45, 2.75) is 6.61 Å². The summed E-state index contributed by atoms with van der Waals surface area (Å²) in [6.45, 7) is -2.90. The molecule has 1 aromatic heterocycles. The van der Waals surface area contributed by atoms with Gasteiger partial charge in [-0.25, -0.2) is 0 Å². The number of aromatic nitrogens is 1. The van der Waals surface area contributed by atoms with Crippen LogP contribution in [0, 0.1) is 0 Å². The van der Waals surface area contributed by atoms with Gasteiger partial charge in [0.05, 0.1) is 0 Å². The van der Waals surface area contributed by atoms with Gasteiger partial charge in [0.2, 0.25) is 5.56 Å². The summed E-state index contributed by atoms with van der Waals surface area (Å²) in [5, 5.41) is 2.53. The average Bonchev–Trinajstić information content (AvgIpc) is 2.40. The fraction of sp³-hybridized carbons (Fsp3) is 0.0769. The van der Waals surface area contributed by atoms with E-state index in [9.17, 15) is 18.4 Å². The molecule has 1 aromatic carbocycles. The first kappa shape index (κ1) is 13.7. The molecule has 5 nitrogen and oxygen atoms in total. The SMILES string of the molecule is O=C(Nc1ccc(OC(F)F)cc1)c1cc[nH]c(=O)c1. The molecule has 0 radical (unpaired) electrons. The summed E-state index contributed by atoms with van der Waals surface area (Å²) < 4.78 is 28.1. The number of alkyl halides is 2. The highest BCUT2D eigenvalue weighted by molar-refractivity contribution is 6.04. The third kappa shape index (κ3) is 3.64. The van der Waals surface area contributed by atoms with Crippen molar-refractivity contribution in [3.8, 4) is 5.75 Å². The van der Waals surface area contributed by atoms with Crippen LogP contribution in [-0.2, 0) is 0 Å². The van der Waals surface area contributed by atoms with Crippen molar-refractivity contribution in [3.63, 3.8) is 0 Å². The number of ether oxygens (including phenoxy) is 1. The van der Waals surface area contributed by atoms with Crippen molar-refractivity contribution >= 4 is 11.6 Å². The summed E-state index contributed by atoms with van der Waals surface area (Å²) in [5.41, 5.74) is 0.205. The van der Waals surface area contributed by atoms with E-state index in [1.807, 2.05) is 0 Å². The number of aromatic amines is 1. The first-order chi connectivity index (χ1) is 9.54. The number of carbonyl (C=O) groups is 1. The predicted octanol–water partition coefficient (Wildman–Crippen LogP) is 2.23. The summed E-state index contributed by atoms with van der Waals surface area (Å²) in [6.07, 6.45) is 1.36. The van der Waals surface area contributed by atoms with E-state index in [2.05, 4.69) is 15.0 Å². The van der Waals surface area contributed by atoms with E-state index in [4.69, 9.17) is 0 Å². The molecule has 0 bridgehead atoms. The van der Waals surface area contributed by atoms with E-state index >= 15 is 0 Å². The predicted molar refractivity (Wildman–Crippen MR) is 68.1 cm³/mol. The summed E-state index contributed by atoms with van der Waals surface area (Å²) in [5.74, 6) is -0.479. The number of carbonyl (C=O) groups excluding carboxylic acids is 1. The maximum Gasteiger partial charge on any atom is 0.387 e. The zero-order valence-electron chi connectivity index (χ0n) is 10.1. The van der Waals surface area contributed by atoms with Crippen molar-refractivity contribution in [2.75, 3.05) is 5.32 Å². The summed E-state index contributed by atoms with van der Waals surface area (Å²) in [7, 11) is 0. The molecule has 0 saturated carbocycles. The van der Waals surface area contributed by atoms with Crippen LogP contribution >= 0.6 is 0 Å². The molecule has 2 N–H and O–H groups in total. The Kier molecular flexibility index (Phi) is 4.09. The van der Waals surface area contributed by atoms with Gasteiger partial charge < -0.3 is 15.0 Å². The maximum absolute atomic E-state index is 12.0. The van der Waals surface area contributed by atoms with Crippen LogP contribution in [0.5, 0.6) is 5.75 Å². The highest BCUT2D eigenvalue weighted by Crippen LogP contribution is 2.18. The van der Waals surface area contributed by atoms with E-state index < -0.39 is 18.1 Å². The van der Waals surface area contributed by atoms with Crippen LogP contribution in [-0.4, -0.2) is 17.5 Å². The van der Waals surface area contributed by atoms with Crippen LogP contribution in [0.2, 0.25) is 0 Å². The molecule has 0 aliphatic rings.